The molecule has 1 saturated heterocycles. The third-order valence-corrected chi connectivity index (χ3v) is 8.39. The lowest BCUT2D eigenvalue weighted by Gasteiger charge is -2.47. The molecule has 2 amide bonds. The summed E-state index contributed by atoms with van der Waals surface area (Å²) in [5.41, 5.74) is -0.235. The Labute approximate surface area is 259 Å². The quantitative estimate of drug-likeness (QED) is 0.133. The first-order valence-corrected chi connectivity index (χ1v) is 13.8. The van der Waals surface area contributed by atoms with Crippen molar-refractivity contribution in [1.82, 2.24) is 4.90 Å². The Balaban J connectivity index is 1.94. The largest absolute Gasteiger partial charge is 0.497 e. The molecule has 0 saturated carbocycles. The van der Waals surface area contributed by atoms with Gasteiger partial charge in [-0.2, -0.15) is 0 Å². The molecule has 11 nitrogen and oxygen atoms in total. The molecule has 0 spiro atoms. The number of esters is 3. The van der Waals surface area contributed by atoms with Crippen LogP contribution >= 0.6 is 46.4 Å². The molecule has 5 atom stereocenters. The molecule has 0 aliphatic carbocycles. The first kappa shape index (κ1) is 31.8. The normalized spacial score (nSPS) is 23.3. The van der Waals surface area contributed by atoms with Crippen LogP contribution in [0.1, 0.15) is 53.2 Å². The fourth-order valence-electron chi connectivity index (χ4n) is 4.91. The minimum atomic E-state index is -1.52. The van der Waals surface area contributed by atoms with E-state index in [9.17, 15) is 24.0 Å². The number of hydrogen-bond acceptors (Lipinski definition) is 10. The minimum absolute atomic E-state index is 0.243. The molecule has 2 heterocycles. The Morgan fingerprint density at radius 2 is 1.29 bits per heavy atom. The summed E-state index contributed by atoms with van der Waals surface area (Å²) in [5, 5.41) is -1.11. The zero-order valence-electron chi connectivity index (χ0n) is 22.4. The summed E-state index contributed by atoms with van der Waals surface area (Å²) in [6, 6.07) is 4.94. The number of imide groups is 1. The summed E-state index contributed by atoms with van der Waals surface area (Å²) >= 11 is 25.1. The Hall–Kier alpha value is -3.09. The fourth-order valence-corrected chi connectivity index (χ4v) is 5.92. The van der Waals surface area contributed by atoms with Gasteiger partial charge in [0.05, 0.1) is 38.3 Å². The smallest absolute Gasteiger partial charge is 0.303 e. The molecule has 0 bridgehead atoms. The Bertz CT molecular complexity index is 1420. The van der Waals surface area contributed by atoms with Gasteiger partial charge in [-0.15, -0.1) is 0 Å². The number of ether oxygens (including phenoxy) is 5. The maximum Gasteiger partial charge on any atom is 0.303 e. The summed E-state index contributed by atoms with van der Waals surface area (Å²) in [5.74, 6) is -3.69. The molecule has 2 aromatic carbocycles. The molecule has 42 heavy (non-hydrogen) atoms. The van der Waals surface area contributed by atoms with E-state index in [0.29, 0.717) is 11.3 Å². The third-order valence-electron chi connectivity index (χ3n) is 6.59. The molecule has 15 heteroatoms. The van der Waals surface area contributed by atoms with E-state index in [-0.39, 0.29) is 31.2 Å². The van der Waals surface area contributed by atoms with Crippen LogP contribution in [-0.4, -0.2) is 72.7 Å². The van der Waals surface area contributed by atoms with Crippen LogP contribution in [0.15, 0.2) is 24.3 Å². The first-order chi connectivity index (χ1) is 19.8. The molecule has 0 aromatic heterocycles. The minimum Gasteiger partial charge on any atom is -0.497 e. The summed E-state index contributed by atoms with van der Waals surface area (Å²) in [4.78, 5) is 64.9. The van der Waals surface area contributed by atoms with E-state index in [1.54, 1.807) is 24.3 Å². The van der Waals surface area contributed by atoms with Gasteiger partial charge in [0.25, 0.3) is 11.8 Å². The van der Waals surface area contributed by atoms with E-state index in [4.69, 9.17) is 70.1 Å². The van der Waals surface area contributed by atoms with Gasteiger partial charge in [-0.05, 0) is 17.7 Å². The summed E-state index contributed by atoms with van der Waals surface area (Å²) < 4.78 is 27.8. The van der Waals surface area contributed by atoms with Crippen LogP contribution in [0.5, 0.6) is 5.75 Å². The van der Waals surface area contributed by atoms with Crippen molar-refractivity contribution in [3.8, 4) is 5.75 Å². The van der Waals surface area contributed by atoms with Gasteiger partial charge in [0.15, 0.2) is 12.2 Å². The number of hydrogen-bond donors (Lipinski definition) is 0. The van der Waals surface area contributed by atoms with Gasteiger partial charge in [0, 0.05) is 20.8 Å². The highest BCUT2D eigenvalue weighted by atomic mass is 35.5. The van der Waals surface area contributed by atoms with Crippen molar-refractivity contribution in [3.05, 3.63) is 61.0 Å². The zero-order chi connectivity index (χ0) is 31.0. The lowest BCUT2D eigenvalue weighted by atomic mass is 9.87. The number of carbonyl (C=O) groups excluding carboxylic acids is 5. The molecule has 1 fully saturated rings. The molecule has 0 unspecified atom stereocenters. The topological polar surface area (TPSA) is 135 Å². The summed E-state index contributed by atoms with van der Waals surface area (Å²) in [6.07, 6.45) is -5.37. The van der Waals surface area contributed by atoms with Crippen molar-refractivity contribution in [3.63, 3.8) is 0 Å². The van der Waals surface area contributed by atoms with Gasteiger partial charge >= 0.3 is 17.9 Å². The first-order valence-electron chi connectivity index (χ1n) is 12.3. The number of nitrogens with zero attached hydrogens (tertiary/aromatic N) is 1. The van der Waals surface area contributed by atoms with Gasteiger partial charge in [0.1, 0.15) is 30.6 Å². The van der Waals surface area contributed by atoms with Crippen LogP contribution in [0.2, 0.25) is 20.1 Å². The number of carbonyl (C=O) groups is 5. The molecule has 2 aromatic rings. The van der Waals surface area contributed by atoms with E-state index < -0.39 is 66.8 Å². The van der Waals surface area contributed by atoms with Crippen molar-refractivity contribution >= 4 is 76.1 Å². The number of amides is 2. The predicted molar refractivity (Wildman–Crippen MR) is 149 cm³/mol. The van der Waals surface area contributed by atoms with Crippen LogP contribution < -0.4 is 4.74 Å². The molecular weight excluding hydrogens is 640 g/mol. The van der Waals surface area contributed by atoms with E-state index in [0.717, 1.165) is 18.7 Å². The number of halogens is 4. The number of rotatable bonds is 7. The second kappa shape index (κ2) is 12.6. The highest BCUT2D eigenvalue weighted by molar-refractivity contribution is 6.55. The Morgan fingerprint density at radius 3 is 1.74 bits per heavy atom. The van der Waals surface area contributed by atoms with Gasteiger partial charge < -0.3 is 23.7 Å². The van der Waals surface area contributed by atoms with E-state index >= 15 is 0 Å². The van der Waals surface area contributed by atoms with Crippen LogP contribution in [0.25, 0.3) is 0 Å². The standard InChI is InChI=1S/C27H23Cl4NO10/c1-10(33)39-9-15-24(40-11(2)34)25(41-12(3)35)22(23(42-15)13-5-7-14(38-4)8-6-13)32-26(36)16-17(27(32)37)19(29)21(31)20(30)18(16)28/h5-8,15,22-25H,9H2,1-4H3/t15-,22+,23+,24-,25-/m1/s1. The molecule has 0 N–H and O–H groups in total. The van der Waals surface area contributed by atoms with E-state index in [2.05, 4.69) is 0 Å². The number of fused-ring (bicyclic) bond motifs is 1. The summed E-state index contributed by atoms with van der Waals surface area (Å²) in [7, 11) is 1.47. The zero-order valence-corrected chi connectivity index (χ0v) is 25.5. The highest BCUT2D eigenvalue weighted by Crippen LogP contribution is 2.48. The maximum atomic E-state index is 13.9. The van der Waals surface area contributed by atoms with Crippen LogP contribution in [0, 0.1) is 0 Å². The lowest BCUT2D eigenvalue weighted by molar-refractivity contribution is -0.231. The third kappa shape index (κ3) is 5.89. The van der Waals surface area contributed by atoms with Crippen LogP contribution in [0.3, 0.4) is 0 Å². The lowest BCUT2D eigenvalue weighted by Crippen LogP contribution is -2.64. The predicted octanol–water partition coefficient (Wildman–Crippen LogP) is 4.84. The van der Waals surface area contributed by atoms with Crippen molar-refractivity contribution in [2.75, 3.05) is 13.7 Å². The van der Waals surface area contributed by atoms with Crippen LogP contribution in [0.4, 0.5) is 0 Å². The van der Waals surface area contributed by atoms with Crippen molar-refractivity contribution in [2.45, 2.75) is 51.2 Å². The fraction of sp³-hybridized carbons (Fsp3) is 0.370. The molecule has 0 radical (unpaired) electrons. The van der Waals surface area contributed by atoms with Gasteiger partial charge in [-0.25, -0.2) is 0 Å². The Morgan fingerprint density at radius 1 is 0.786 bits per heavy atom. The molecule has 2 aliphatic rings. The monoisotopic (exact) mass is 661 g/mol. The van der Waals surface area contributed by atoms with Gasteiger partial charge in [-0.3, -0.25) is 28.9 Å². The van der Waals surface area contributed by atoms with E-state index in [1.807, 2.05) is 0 Å². The van der Waals surface area contributed by atoms with Crippen molar-refractivity contribution in [2.24, 2.45) is 0 Å². The Kier molecular flexibility index (Phi) is 9.58. The SMILES string of the molecule is COc1ccc([C@@H]2O[C@H](COC(C)=O)[C@@H](OC(C)=O)[C@H](OC(C)=O)[C@H]2N2C(=O)c3c(Cl)c(Cl)c(Cl)c(Cl)c3C2=O)cc1. The molecule has 224 valence electrons. The number of benzene rings is 2. The maximum absolute atomic E-state index is 13.9. The second-order valence-corrected chi connectivity index (χ2v) is 10.8. The van der Waals surface area contributed by atoms with Crippen molar-refractivity contribution in [1.29, 1.82) is 0 Å². The van der Waals surface area contributed by atoms with E-state index in [1.165, 1.54) is 14.0 Å². The van der Waals surface area contributed by atoms with Crippen LogP contribution in [-0.2, 0) is 33.3 Å². The molecule has 4 rings (SSSR count). The average molecular weight is 663 g/mol. The number of methoxy groups -OCH3 is 1. The summed E-state index contributed by atoms with van der Waals surface area (Å²) in [6.45, 7) is 2.94. The molecule has 2 aliphatic heterocycles. The van der Waals surface area contributed by atoms with Gasteiger partial charge in [-0.1, -0.05) is 58.5 Å². The average Bonchev–Trinajstić information content (AvgIpc) is 3.19. The molecular formula is C27H23Cl4NO10. The highest BCUT2D eigenvalue weighted by Gasteiger charge is 2.58. The van der Waals surface area contributed by atoms with Crippen molar-refractivity contribution < 1.29 is 47.7 Å². The second-order valence-electron chi connectivity index (χ2n) is 9.30. The van der Waals surface area contributed by atoms with Gasteiger partial charge in [0.2, 0.25) is 0 Å².